The molecular weight excluding hydrogens is 256 g/mol. The SMILES string of the molecule is C/C=C1/CC[C@H]2C3CCC4CC(=O)CCC4[C@H]3CC[C@]12C. The van der Waals surface area contributed by atoms with Gasteiger partial charge in [-0.3, -0.25) is 4.79 Å². The Morgan fingerprint density at radius 1 is 1.00 bits per heavy atom. The van der Waals surface area contributed by atoms with E-state index >= 15 is 0 Å². The third-order valence-corrected chi connectivity index (χ3v) is 7.96. The highest BCUT2D eigenvalue weighted by atomic mass is 16.1. The second kappa shape index (κ2) is 4.96. The van der Waals surface area contributed by atoms with E-state index in [0.717, 1.165) is 42.4 Å². The van der Waals surface area contributed by atoms with Crippen molar-refractivity contribution in [2.75, 3.05) is 0 Å². The molecule has 0 saturated heterocycles. The highest BCUT2D eigenvalue weighted by Crippen LogP contribution is 2.63. The standard InChI is InChI=1S/C20H30O/c1-3-14-5-9-19-18-7-4-13-12-15(21)6-8-16(13)17(18)10-11-20(14,19)2/h3,13,16-19H,4-12H2,1-2H3/b14-3-/t13?,16?,17-,18?,19+,20-/m1/s1. The van der Waals surface area contributed by atoms with Gasteiger partial charge in [0.25, 0.3) is 0 Å². The molecule has 4 fully saturated rings. The highest BCUT2D eigenvalue weighted by molar-refractivity contribution is 5.79. The van der Waals surface area contributed by atoms with E-state index < -0.39 is 0 Å². The predicted molar refractivity (Wildman–Crippen MR) is 85.9 cm³/mol. The molecule has 4 saturated carbocycles. The van der Waals surface area contributed by atoms with Crippen molar-refractivity contribution in [2.45, 2.75) is 71.6 Å². The molecule has 0 spiro atoms. The normalized spacial score (nSPS) is 51.4. The van der Waals surface area contributed by atoms with Gasteiger partial charge in [0.1, 0.15) is 5.78 Å². The van der Waals surface area contributed by atoms with Crippen LogP contribution in [0.5, 0.6) is 0 Å². The fraction of sp³-hybridized carbons (Fsp3) is 0.850. The van der Waals surface area contributed by atoms with Crippen LogP contribution in [0.2, 0.25) is 0 Å². The molecule has 4 aliphatic carbocycles. The van der Waals surface area contributed by atoms with Crippen molar-refractivity contribution in [3.8, 4) is 0 Å². The summed E-state index contributed by atoms with van der Waals surface area (Å²) in [6.07, 6.45) is 13.8. The average molecular weight is 286 g/mol. The first-order chi connectivity index (χ1) is 10.1. The second-order valence-electron chi connectivity index (χ2n) is 8.53. The van der Waals surface area contributed by atoms with Gasteiger partial charge in [0.05, 0.1) is 0 Å². The van der Waals surface area contributed by atoms with Gasteiger partial charge in [-0.1, -0.05) is 18.6 Å². The van der Waals surface area contributed by atoms with Gasteiger partial charge in [-0.2, -0.15) is 0 Å². The lowest BCUT2D eigenvalue weighted by Crippen LogP contribution is -2.47. The van der Waals surface area contributed by atoms with E-state index in [9.17, 15) is 4.79 Å². The highest BCUT2D eigenvalue weighted by Gasteiger charge is 2.54. The van der Waals surface area contributed by atoms with Crippen molar-refractivity contribution >= 4 is 5.78 Å². The minimum absolute atomic E-state index is 0.521. The van der Waals surface area contributed by atoms with Gasteiger partial charge in [0.15, 0.2) is 0 Å². The lowest BCUT2D eigenvalue weighted by molar-refractivity contribution is -0.126. The van der Waals surface area contributed by atoms with Crippen LogP contribution in [0.25, 0.3) is 0 Å². The molecule has 0 bridgehead atoms. The van der Waals surface area contributed by atoms with E-state index in [2.05, 4.69) is 19.9 Å². The number of fused-ring (bicyclic) bond motifs is 5. The molecule has 116 valence electrons. The number of hydrogen-bond donors (Lipinski definition) is 0. The predicted octanol–water partition coefficient (Wildman–Crippen LogP) is 5.15. The first kappa shape index (κ1) is 14.0. The van der Waals surface area contributed by atoms with Gasteiger partial charge < -0.3 is 0 Å². The largest absolute Gasteiger partial charge is 0.300 e. The van der Waals surface area contributed by atoms with Crippen molar-refractivity contribution in [3.05, 3.63) is 11.6 Å². The second-order valence-corrected chi connectivity index (χ2v) is 8.53. The summed E-state index contributed by atoms with van der Waals surface area (Å²) in [5, 5.41) is 0. The first-order valence-corrected chi connectivity index (χ1v) is 9.31. The Bertz CT molecular complexity index is 476. The molecule has 0 aromatic rings. The zero-order valence-corrected chi connectivity index (χ0v) is 13.7. The molecule has 1 heteroatoms. The molecule has 4 aliphatic rings. The molecule has 0 amide bonds. The number of hydrogen-bond acceptors (Lipinski definition) is 1. The monoisotopic (exact) mass is 286 g/mol. The van der Waals surface area contributed by atoms with Gasteiger partial charge in [0.2, 0.25) is 0 Å². The van der Waals surface area contributed by atoms with E-state index in [-0.39, 0.29) is 0 Å². The Morgan fingerprint density at radius 2 is 1.86 bits per heavy atom. The Balaban J connectivity index is 1.59. The number of ketones is 1. The van der Waals surface area contributed by atoms with Crippen LogP contribution >= 0.6 is 0 Å². The third kappa shape index (κ3) is 1.99. The number of rotatable bonds is 0. The number of carbonyl (C=O) groups is 1. The maximum atomic E-state index is 11.8. The third-order valence-electron chi connectivity index (χ3n) is 7.96. The van der Waals surface area contributed by atoms with Crippen LogP contribution in [-0.4, -0.2) is 5.78 Å². The number of allylic oxidation sites excluding steroid dienone is 2. The summed E-state index contributed by atoms with van der Waals surface area (Å²) in [5.41, 5.74) is 2.28. The van der Waals surface area contributed by atoms with Crippen LogP contribution in [0.3, 0.4) is 0 Å². The topological polar surface area (TPSA) is 17.1 Å². The van der Waals surface area contributed by atoms with Crippen LogP contribution in [0.4, 0.5) is 0 Å². The van der Waals surface area contributed by atoms with Crippen LogP contribution in [0, 0.1) is 35.0 Å². The summed E-state index contributed by atoms with van der Waals surface area (Å²) in [6.45, 7) is 4.81. The van der Waals surface area contributed by atoms with Gasteiger partial charge in [-0.05, 0) is 86.9 Å². The van der Waals surface area contributed by atoms with Gasteiger partial charge >= 0.3 is 0 Å². The fourth-order valence-electron chi connectivity index (χ4n) is 6.98. The zero-order chi connectivity index (χ0) is 14.6. The summed E-state index contributed by atoms with van der Waals surface area (Å²) in [4.78, 5) is 11.8. The van der Waals surface area contributed by atoms with E-state index in [1.54, 1.807) is 5.57 Å². The van der Waals surface area contributed by atoms with Crippen molar-refractivity contribution in [2.24, 2.45) is 35.0 Å². The number of Topliss-reactive ketones (excluding diaryl/α,β-unsaturated/α-hetero) is 1. The smallest absolute Gasteiger partial charge is 0.133 e. The lowest BCUT2D eigenvalue weighted by Gasteiger charge is -2.54. The molecule has 0 aromatic heterocycles. The quantitative estimate of drug-likeness (QED) is 0.562. The molecule has 1 nitrogen and oxygen atoms in total. The molecule has 0 aliphatic heterocycles. The fourth-order valence-corrected chi connectivity index (χ4v) is 6.98. The summed E-state index contributed by atoms with van der Waals surface area (Å²) in [5.74, 6) is 5.05. The zero-order valence-electron chi connectivity index (χ0n) is 13.7. The summed E-state index contributed by atoms with van der Waals surface area (Å²) in [7, 11) is 0. The maximum absolute atomic E-state index is 11.8. The van der Waals surface area contributed by atoms with E-state index in [1.807, 2.05) is 0 Å². The van der Waals surface area contributed by atoms with Crippen molar-refractivity contribution in [3.63, 3.8) is 0 Å². The van der Waals surface area contributed by atoms with Crippen LogP contribution in [0.15, 0.2) is 11.6 Å². The van der Waals surface area contributed by atoms with Gasteiger partial charge in [0, 0.05) is 12.8 Å². The maximum Gasteiger partial charge on any atom is 0.133 e. The van der Waals surface area contributed by atoms with Crippen molar-refractivity contribution in [1.29, 1.82) is 0 Å². The summed E-state index contributed by atoms with van der Waals surface area (Å²) in [6, 6.07) is 0. The van der Waals surface area contributed by atoms with Crippen LogP contribution < -0.4 is 0 Å². The van der Waals surface area contributed by atoms with E-state index in [1.165, 1.54) is 44.9 Å². The summed E-state index contributed by atoms with van der Waals surface area (Å²) < 4.78 is 0. The minimum atomic E-state index is 0.521. The first-order valence-electron chi connectivity index (χ1n) is 9.31. The van der Waals surface area contributed by atoms with Crippen LogP contribution in [-0.2, 0) is 4.79 Å². The van der Waals surface area contributed by atoms with Crippen LogP contribution in [0.1, 0.15) is 71.6 Å². The molecule has 0 aromatic carbocycles. The molecule has 0 radical (unpaired) electrons. The molecule has 4 rings (SSSR count). The Labute approximate surface area is 129 Å². The lowest BCUT2D eigenvalue weighted by atomic mass is 9.50. The van der Waals surface area contributed by atoms with E-state index in [0.29, 0.717) is 11.2 Å². The summed E-state index contributed by atoms with van der Waals surface area (Å²) >= 11 is 0. The number of carbonyl (C=O) groups excluding carboxylic acids is 1. The van der Waals surface area contributed by atoms with E-state index in [4.69, 9.17) is 0 Å². The van der Waals surface area contributed by atoms with Crippen molar-refractivity contribution in [1.82, 2.24) is 0 Å². The Morgan fingerprint density at radius 3 is 2.67 bits per heavy atom. The molecule has 6 atom stereocenters. The van der Waals surface area contributed by atoms with Gasteiger partial charge in [-0.15, -0.1) is 0 Å². The molecule has 0 N–H and O–H groups in total. The Hall–Kier alpha value is -0.590. The Kier molecular flexibility index (Phi) is 3.32. The molecule has 21 heavy (non-hydrogen) atoms. The molecule has 0 heterocycles. The van der Waals surface area contributed by atoms with Crippen molar-refractivity contribution < 1.29 is 4.79 Å². The molecule has 3 unspecified atom stereocenters. The van der Waals surface area contributed by atoms with Gasteiger partial charge in [-0.25, -0.2) is 0 Å². The minimum Gasteiger partial charge on any atom is -0.300 e. The average Bonchev–Trinajstić information content (AvgIpc) is 2.83. The molecular formula is C20H30O.